The largest absolute Gasteiger partial charge is 0.341 e. The van der Waals surface area contributed by atoms with E-state index in [1.165, 1.54) is 13.1 Å². The summed E-state index contributed by atoms with van der Waals surface area (Å²) in [6.07, 6.45) is 0. The zero-order chi connectivity index (χ0) is 9.68. The summed E-state index contributed by atoms with van der Waals surface area (Å²) in [6.45, 7) is 0.201. The molecule has 1 aromatic carbocycles. The molecule has 78 valence electrons. The predicted octanol–water partition coefficient (Wildman–Crippen LogP) is 1.68. The van der Waals surface area contributed by atoms with Crippen molar-refractivity contribution in [3.8, 4) is 0 Å². The number of carbonyl (C=O) groups is 1. The van der Waals surface area contributed by atoms with Crippen LogP contribution in [0.1, 0.15) is 5.56 Å². The molecule has 0 bridgehead atoms. The summed E-state index contributed by atoms with van der Waals surface area (Å²) < 4.78 is 13.0. The molecule has 0 aliphatic heterocycles. The maximum Gasteiger partial charge on any atom is 0.314 e. The minimum absolute atomic E-state index is 0. The summed E-state index contributed by atoms with van der Waals surface area (Å²) in [5, 5.41) is 4.88. The van der Waals surface area contributed by atoms with E-state index in [9.17, 15) is 9.18 Å². The van der Waals surface area contributed by atoms with Crippen LogP contribution in [0, 0.1) is 5.82 Å². The molecule has 0 heterocycles. The van der Waals surface area contributed by atoms with Crippen LogP contribution in [0.2, 0.25) is 0 Å². The highest BCUT2D eigenvalue weighted by Crippen LogP contribution is 2.04. The monoisotopic (exact) mass is 218 g/mol. The van der Waals surface area contributed by atoms with Crippen molar-refractivity contribution in [2.75, 3.05) is 7.05 Å². The van der Waals surface area contributed by atoms with Crippen molar-refractivity contribution in [3.63, 3.8) is 0 Å². The normalized spacial score (nSPS) is 8.71. The standard InChI is InChI=1S/C9H11FN2O.ClH/c1-11-9(13)12-6-7-4-2-3-5-8(7)10;/h2-5H,6H2,1H3,(H2,11,12,13);1H. The lowest BCUT2D eigenvalue weighted by Gasteiger charge is -2.04. The molecule has 0 aliphatic rings. The molecule has 0 aromatic heterocycles. The molecular formula is C9H12ClFN2O. The second-order valence-corrected chi connectivity index (χ2v) is 2.52. The van der Waals surface area contributed by atoms with Gasteiger partial charge in [-0.25, -0.2) is 9.18 Å². The first-order valence-electron chi connectivity index (χ1n) is 3.93. The van der Waals surface area contributed by atoms with Gasteiger partial charge in [-0.2, -0.15) is 0 Å². The second-order valence-electron chi connectivity index (χ2n) is 2.52. The fourth-order valence-corrected chi connectivity index (χ4v) is 0.906. The lowest BCUT2D eigenvalue weighted by Crippen LogP contribution is -2.32. The number of nitrogens with one attached hydrogen (secondary N) is 2. The molecule has 5 heteroatoms. The van der Waals surface area contributed by atoms with Crippen molar-refractivity contribution < 1.29 is 9.18 Å². The van der Waals surface area contributed by atoms with Crippen molar-refractivity contribution in [2.45, 2.75) is 6.54 Å². The molecule has 3 nitrogen and oxygen atoms in total. The van der Waals surface area contributed by atoms with Gasteiger partial charge in [-0.05, 0) is 6.07 Å². The Hall–Kier alpha value is -1.29. The number of hydrogen-bond acceptors (Lipinski definition) is 1. The summed E-state index contributed by atoms with van der Waals surface area (Å²) in [7, 11) is 1.51. The molecule has 0 saturated heterocycles. The molecule has 1 aromatic rings. The first kappa shape index (κ1) is 12.7. The number of amides is 2. The second kappa shape index (κ2) is 6.21. The molecule has 14 heavy (non-hydrogen) atoms. The number of benzene rings is 1. The Bertz CT molecular complexity index is 307. The average molecular weight is 219 g/mol. The minimum Gasteiger partial charge on any atom is -0.341 e. The van der Waals surface area contributed by atoms with Gasteiger partial charge < -0.3 is 10.6 Å². The first-order chi connectivity index (χ1) is 6.24. The van der Waals surface area contributed by atoms with Crippen LogP contribution >= 0.6 is 12.4 Å². The van der Waals surface area contributed by atoms with Crippen LogP contribution in [0.15, 0.2) is 24.3 Å². The smallest absolute Gasteiger partial charge is 0.314 e. The average Bonchev–Trinajstić information content (AvgIpc) is 2.16. The van der Waals surface area contributed by atoms with Crippen molar-refractivity contribution in [1.29, 1.82) is 0 Å². The zero-order valence-electron chi connectivity index (χ0n) is 7.71. The zero-order valence-corrected chi connectivity index (χ0v) is 8.53. The molecule has 0 spiro atoms. The quantitative estimate of drug-likeness (QED) is 0.779. The Balaban J connectivity index is 0.00000169. The number of halogens is 2. The summed E-state index contributed by atoms with van der Waals surface area (Å²) in [5.41, 5.74) is 0.478. The molecule has 0 unspecified atom stereocenters. The van der Waals surface area contributed by atoms with Crippen LogP contribution in [-0.4, -0.2) is 13.1 Å². The fraction of sp³-hybridized carbons (Fsp3) is 0.222. The van der Waals surface area contributed by atoms with Crippen LogP contribution in [0.5, 0.6) is 0 Å². The minimum atomic E-state index is -0.316. The van der Waals surface area contributed by atoms with Crippen LogP contribution in [0.4, 0.5) is 9.18 Å². The maximum absolute atomic E-state index is 13.0. The number of carbonyl (C=O) groups excluding carboxylic acids is 1. The third-order valence-corrected chi connectivity index (χ3v) is 1.62. The van der Waals surface area contributed by atoms with Crippen molar-refractivity contribution in [3.05, 3.63) is 35.6 Å². The topological polar surface area (TPSA) is 41.1 Å². The van der Waals surface area contributed by atoms with Crippen molar-refractivity contribution in [2.24, 2.45) is 0 Å². The van der Waals surface area contributed by atoms with Gasteiger partial charge in [-0.15, -0.1) is 12.4 Å². The predicted molar refractivity (Wildman–Crippen MR) is 54.9 cm³/mol. The lowest BCUT2D eigenvalue weighted by molar-refractivity contribution is 0.242. The summed E-state index contributed by atoms with van der Waals surface area (Å²) in [6, 6.07) is 6.01. The van der Waals surface area contributed by atoms with Gasteiger partial charge in [0.25, 0.3) is 0 Å². The van der Waals surface area contributed by atoms with Gasteiger partial charge in [0, 0.05) is 19.2 Å². The summed E-state index contributed by atoms with van der Waals surface area (Å²) in [5.74, 6) is -0.307. The number of urea groups is 1. The van der Waals surface area contributed by atoms with E-state index in [-0.39, 0.29) is 30.8 Å². The fourth-order valence-electron chi connectivity index (χ4n) is 0.906. The van der Waals surface area contributed by atoms with Gasteiger partial charge in [0.15, 0.2) is 0 Å². The van der Waals surface area contributed by atoms with Gasteiger partial charge in [-0.1, -0.05) is 18.2 Å². The maximum atomic E-state index is 13.0. The van der Waals surface area contributed by atoms with Gasteiger partial charge in [0.2, 0.25) is 0 Å². The van der Waals surface area contributed by atoms with E-state index in [0.29, 0.717) is 5.56 Å². The summed E-state index contributed by atoms with van der Waals surface area (Å²) in [4.78, 5) is 10.8. The lowest BCUT2D eigenvalue weighted by atomic mass is 10.2. The van der Waals surface area contributed by atoms with Crippen LogP contribution in [0.3, 0.4) is 0 Å². The molecule has 0 fully saturated rings. The van der Waals surface area contributed by atoms with Crippen molar-refractivity contribution in [1.82, 2.24) is 10.6 Å². The highest BCUT2D eigenvalue weighted by atomic mass is 35.5. The molecule has 0 atom stereocenters. The molecule has 2 N–H and O–H groups in total. The van der Waals surface area contributed by atoms with E-state index in [2.05, 4.69) is 10.6 Å². The Kier molecular flexibility index (Phi) is 5.64. The Morgan fingerprint density at radius 1 is 1.43 bits per heavy atom. The number of hydrogen-bond donors (Lipinski definition) is 2. The van der Waals surface area contributed by atoms with Gasteiger partial charge in [0.05, 0.1) is 0 Å². The third kappa shape index (κ3) is 3.62. The van der Waals surface area contributed by atoms with E-state index in [1.807, 2.05) is 0 Å². The molecule has 1 rings (SSSR count). The highest BCUT2D eigenvalue weighted by molar-refractivity contribution is 5.85. The van der Waals surface area contributed by atoms with Crippen LogP contribution < -0.4 is 10.6 Å². The molecule has 0 aliphatic carbocycles. The SMILES string of the molecule is CNC(=O)NCc1ccccc1F.Cl. The van der Waals surface area contributed by atoms with Gasteiger partial charge >= 0.3 is 6.03 Å². The Morgan fingerprint density at radius 3 is 2.64 bits per heavy atom. The molecule has 2 amide bonds. The molecule has 0 radical (unpaired) electrons. The highest BCUT2D eigenvalue weighted by Gasteiger charge is 2.01. The van der Waals surface area contributed by atoms with Gasteiger partial charge in [0.1, 0.15) is 5.82 Å². The van der Waals surface area contributed by atoms with E-state index in [0.717, 1.165) is 0 Å². The number of rotatable bonds is 2. The van der Waals surface area contributed by atoms with E-state index < -0.39 is 0 Å². The Morgan fingerprint density at radius 2 is 2.07 bits per heavy atom. The van der Waals surface area contributed by atoms with E-state index >= 15 is 0 Å². The van der Waals surface area contributed by atoms with E-state index in [1.54, 1.807) is 18.2 Å². The first-order valence-corrected chi connectivity index (χ1v) is 3.93. The third-order valence-electron chi connectivity index (χ3n) is 1.62. The Labute approximate surface area is 88.1 Å². The molecular weight excluding hydrogens is 207 g/mol. The summed E-state index contributed by atoms with van der Waals surface area (Å²) >= 11 is 0. The van der Waals surface area contributed by atoms with Crippen LogP contribution in [0.25, 0.3) is 0 Å². The van der Waals surface area contributed by atoms with E-state index in [4.69, 9.17) is 0 Å². The van der Waals surface area contributed by atoms with Crippen LogP contribution in [-0.2, 0) is 6.54 Å². The van der Waals surface area contributed by atoms with Crippen molar-refractivity contribution >= 4 is 18.4 Å². The van der Waals surface area contributed by atoms with Gasteiger partial charge in [-0.3, -0.25) is 0 Å². The molecule has 0 saturated carbocycles.